The van der Waals surface area contributed by atoms with E-state index in [9.17, 15) is 4.79 Å². The van der Waals surface area contributed by atoms with Gasteiger partial charge in [-0.05, 0) is 56.4 Å². The Morgan fingerprint density at radius 2 is 1.78 bits per heavy atom. The summed E-state index contributed by atoms with van der Waals surface area (Å²) in [5.74, 6) is 1.41. The van der Waals surface area contributed by atoms with Crippen LogP contribution in [-0.4, -0.2) is 5.78 Å². The molecule has 2 aliphatic carbocycles. The van der Waals surface area contributed by atoms with E-state index < -0.39 is 0 Å². The van der Waals surface area contributed by atoms with E-state index >= 15 is 0 Å². The van der Waals surface area contributed by atoms with Crippen LogP contribution < -0.4 is 0 Å². The molecule has 0 N–H and O–H groups in total. The van der Waals surface area contributed by atoms with Crippen LogP contribution in [0.2, 0.25) is 0 Å². The molecule has 96 valence electrons. The summed E-state index contributed by atoms with van der Waals surface area (Å²) in [6, 6.07) is 10.8. The van der Waals surface area contributed by atoms with Gasteiger partial charge in [-0.25, -0.2) is 0 Å². The average molecular weight is 242 g/mol. The molecule has 2 saturated carbocycles. The van der Waals surface area contributed by atoms with E-state index in [1.807, 2.05) is 0 Å². The molecule has 2 aliphatic rings. The van der Waals surface area contributed by atoms with Crippen molar-refractivity contribution in [2.24, 2.45) is 11.3 Å². The third kappa shape index (κ3) is 2.23. The fraction of sp³-hybridized carbons (Fsp3) is 0.588. The second-order valence-corrected chi connectivity index (χ2v) is 6.17. The van der Waals surface area contributed by atoms with Crippen LogP contribution in [-0.2, 0) is 11.2 Å². The molecule has 3 rings (SSSR count). The summed E-state index contributed by atoms with van der Waals surface area (Å²) in [7, 11) is 0. The third-order valence-electron chi connectivity index (χ3n) is 5.17. The number of ketones is 1. The average Bonchev–Trinajstić information content (AvgIpc) is 2.45. The van der Waals surface area contributed by atoms with Gasteiger partial charge in [0.1, 0.15) is 5.78 Å². The van der Waals surface area contributed by atoms with E-state index in [1.165, 1.54) is 50.5 Å². The first-order chi connectivity index (χ1) is 8.78. The zero-order valence-corrected chi connectivity index (χ0v) is 11.0. The monoisotopic (exact) mass is 242 g/mol. The molecule has 0 amide bonds. The molecule has 0 heterocycles. The van der Waals surface area contributed by atoms with Crippen molar-refractivity contribution in [1.29, 1.82) is 0 Å². The predicted octanol–water partition coefficient (Wildman–Crippen LogP) is 4.16. The summed E-state index contributed by atoms with van der Waals surface area (Å²) in [5.41, 5.74) is 1.61. The van der Waals surface area contributed by atoms with Gasteiger partial charge in [-0.3, -0.25) is 4.79 Å². The molecule has 0 unspecified atom stereocenters. The van der Waals surface area contributed by atoms with Gasteiger partial charge < -0.3 is 0 Å². The molecule has 2 fully saturated rings. The van der Waals surface area contributed by atoms with Gasteiger partial charge in [0, 0.05) is 11.8 Å². The molecule has 0 bridgehead atoms. The van der Waals surface area contributed by atoms with E-state index in [2.05, 4.69) is 30.3 Å². The third-order valence-corrected chi connectivity index (χ3v) is 5.17. The summed E-state index contributed by atoms with van der Waals surface area (Å²) in [4.78, 5) is 11.7. The first-order valence-corrected chi connectivity index (χ1v) is 7.36. The second-order valence-electron chi connectivity index (χ2n) is 6.17. The van der Waals surface area contributed by atoms with Crippen molar-refractivity contribution in [2.75, 3.05) is 0 Å². The standard InChI is InChI=1S/C17H22O/c18-16-10-13-17(16)11-8-15(9-12-17)7-6-14-4-2-1-3-5-14/h1-5,15H,6-13H2. The van der Waals surface area contributed by atoms with Crippen LogP contribution in [0.4, 0.5) is 0 Å². The van der Waals surface area contributed by atoms with Crippen LogP contribution in [0.3, 0.4) is 0 Å². The lowest BCUT2D eigenvalue weighted by Gasteiger charge is -2.45. The Bertz CT molecular complexity index is 412. The smallest absolute Gasteiger partial charge is 0.139 e. The highest BCUT2D eigenvalue weighted by molar-refractivity contribution is 5.90. The number of benzene rings is 1. The molecule has 1 heteroatoms. The Balaban J connectivity index is 1.47. The molecular weight excluding hydrogens is 220 g/mol. The number of Topliss-reactive ketones (excluding diaryl/α,β-unsaturated/α-hetero) is 1. The van der Waals surface area contributed by atoms with E-state index in [-0.39, 0.29) is 5.41 Å². The molecule has 18 heavy (non-hydrogen) atoms. The maximum absolute atomic E-state index is 11.7. The van der Waals surface area contributed by atoms with Crippen LogP contribution in [0.1, 0.15) is 50.5 Å². The Kier molecular flexibility index (Phi) is 3.23. The lowest BCUT2D eigenvalue weighted by atomic mass is 9.58. The minimum absolute atomic E-state index is 0.156. The number of aryl methyl sites for hydroxylation is 1. The Morgan fingerprint density at radius 3 is 2.33 bits per heavy atom. The molecule has 1 spiro atoms. The fourth-order valence-electron chi connectivity index (χ4n) is 3.64. The highest BCUT2D eigenvalue weighted by Crippen LogP contribution is 2.50. The van der Waals surface area contributed by atoms with Crippen LogP contribution in [0.5, 0.6) is 0 Å². The van der Waals surface area contributed by atoms with Crippen LogP contribution in [0.15, 0.2) is 30.3 Å². The van der Waals surface area contributed by atoms with Crippen molar-refractivity contribution in [3.63, 3.8) is 0 Å². The van der Waals surface area contributed by atoms with Crippen molar-refractivity contribution >= 4 is 5.78 Å². The summed E-state index contributed by atoms with van der Waals surface area (Å²) in [6.07, 6.45) is 9.43. The lowest BCUT2D eigenvalue weighted by molar-refractivity contribution is -0.141. The lowest BCUT2D eigenvalue weighted by Crippen LogP contribution is -2.43. The van der Waals surface area contributed by atoms with Crippen molar-refractivity contribution < 1.29 is 4.79 Å². The molecule has 0 saturated heterocycles. The topological polar surface area (TPSA) is 17.1 Å². The van der Waals surface area contributed by atoms with Gasteiger partial charge in [0.25, 0.3) is 0 Å². The van der Waals surface area contributed by atoms with E-state index in [4.69, 9.17) is 0 Å². The highest BCUT2D eigenvalue weighted by Gasteiger charge is 2.47. The maximum Gasteiger partial charge on any atom is 0.139 e. The summed E-state index contributed by atoms with van der Waals surface area (Å²) in [6.45, 7) is 0. The van der Waals surface area contributed by atoms with Crippen molar-refractivity contribution in [3.8, 4) is 0 Å². The molecular formula is C17H22O. The molecule has 0 aromatic heterocycles. The minimum atomic E-state index is 0.156. The highest BCUT2D eigenvalue weighted by atomic mass is 16.1. The first-order valence-electron chi connectivity index (χ1n) is 7.36. The van der Waals surface area contributed by atoms with Crippen molar-refractivity contribution in [2.45, 2.75) is 51.4 Å². The largest absolute Gasteiger partial charge is 0.299 e. The Hall–Kier alpha value is -1.11. The van der Waals surface area contributed by atoms with Gasteiger partial charge in [0.15, 0.2) is 0 Å². The molecule has 0 atom stereocenters. The molecule has 1 aromatic rings. The van der Waals surface area contributed by atoms with E-state index in [0.29, 0.717) is 5.78 Å². The summed E-state index contributed by atoms with van der Waals surface area (Å²) >= 11 is 0. The van der Waals surface area contributed by atoms with Gasteiger partial charge in [0.05, 0.1) is 0 Å². The normalized spacial score (nSPS) is 31.3. The SMILES string of the molecule is O=C1CCC12CCC(CCc1ccccc1)CC2. The summed E-state index contributed by atoms with van der Waals surface area (Å²) in [5, 5.41) is 0. The number of carbonyl (C=O) groups is 1. The number of carbonyl (C=O) groups excluding carboxylic acids is 1. The summed E-state index contributed by atoms with van der Waals surface area (Å²) < 4.78 is 0. The number of hydrogen-bond acceptors (Lipinski definition) is 1. The van der Waals surface area contributed by atoms with Crippen molar-refractivity contribution in [3.05, 3.63) is 35.9 Å². The fourth-order valence-corrected chi connectivity index (χ4v) is 3.64. The number of hydrogen-bond donors (Lipinski definition) is 0. The van der Waals surface area contributed by atoms with Crippen molar-refractivity contribution in [1.82, 2.24) is 0 Å². The molecule has 0 aliphatic heterocycles. The molecule has 0 radical (unpaired) electrons. The predicted molar refractivity (Wildman–Crippen MR) is 73.4 cm³/mol. The molecule has 1 nitrogen and oxygen atoms in total. The first kappa shape index (κ1) is 12.0. The minimum Gasteiger partial charge on any atom is -0.299 e. The van der Waals surface area contributed by atoms with Gasteiger partial charge >= 0.3 is 0 Å². The quantitative estimate of drug-likeness (QED) is 0.778. The van der Waals surface area contributed by atoms with E-state index in [0.717, 1.165) is 12.3 Å². The second kappa shape index (κ2) is 4.87. The van der Waals surface area contributed by atoms with Crippen LogP contribution in [0, 0.1) is 11.3 Å². The maximum atomic E-state index is 11.7. The van der Waals surface area contributed by atoms with Crippen LogP contribution in [0.25, 0.3) is 0 Å². The van der Waals surface area contributed by atoms with Gasteiger partial charge in [-0.2, -0.15) is 0 Å². The molecule has 1 aromatic carbocycles. The zero-order chi connectivity index (χ0) is 12.4. The van der Waals surface area contributed by atoms with Gasteiger partial charge in [-0.15, -0.1) is 0 Å². The Labute approximate surface area is 110 Å². The van der Waals surface area contributed by atoms with Crippen LogP contribution >= 0.6 is 0 Å². The zero-order valence-electron chi connectivity index (χ0n) is 11.0. The van der Waals surface area contributed by atoms with Gasteiger partial charge in [0.2, 0.25) is 0 Å². The Morgan fingerprint density at radius 1 is 1.06 bits per heavy atom. The van der Waals surface area contributed by atoms with Gasteiger partial charge in [-0.1, -0.05) is 30.3 Å². The number of rotatable bonds is 3. The van der Waals surface area contributed by atoms with E-state index in [1.54, 1.807) is 0 Å².